The van der Waals surface area contributed by atoms with Gasteiger partial charge < -0.3 is 9.47 Å². The number of aryl methyl sites for hydroxylation is 1. The van der Waals surface area contributed by atoms with Gasteiger partial charge in [0.1, 0.15) is 5.82 Å². The van der Waals surface area contributed by atoms with Crippen molar-refractivity contribution in [2.75, 3.05) is 18.0 Å². The first kappa shape index (κ1) is 23.1. The zero-order valence-corrected chi connectivity index (χ0v) is 20.1. The van der Waals surface area contributed by atoms with Crippen molar-refractivity contribution in [3.8, 4) is 0 Å². The summed E-state index contributed by atoms with van der Waals surface area (Å²) < 4.78 is 15.8. The molecule has 5 rings (SSSR count). The van der Waals surface area contributed by atoms with Gasteiger partial charge in [-0.15, -0.1) is 12.4 Å². The fourth-order valence-electron chi connectivity index (χ4n) is 5.97. The SMILES string of the molecule is Cc1c(C)n(Cc2ccc(F)cc2)c2c(N3CCCC(C4CCCCC4)C3)nccc12.Cl. The van der Waals surface area contributed by atoms with Gasteiger partial charge in [-0.1, -0.05) is 44.2 Å². The monoisotopic (exact) mass is 455 g/mol. The van der Waals surface area contributed by atoms with E-state index in [-0.39, 0.29) is 18.2 Å². The molecule has 1 atom stereocenters. The molecular formula is C27H35ClFN3. The van der Waals surface area contributed by atoms with Gasteiger partial charge in [0.05, 0.1) is 5.52 Å². The Kier molecular flexibility index (Phi) is 7.09. The van der Waals surface area contributed by atoms with Crippen LogP contribution in [0.4, 0.5) is 10.2 Å². The zero-order valence-electron chi connectivity index (χ0n) is 19.3. The number of hydrogen-bond donors (Lipinski definition) is 0. The molecule has 1 aromatic carbocycles. The van der Waals surface area contributed by atoms with Gasteiger partial charge in [-0.2, -0.15) is 0 Å². The van der Waals surface area contributed by atoms with Crippen LogP contribution in [0.2, 0.25) is 0 Å². The second-order valence-corrected chi connectivity index (χ2v) is 9.70. The van der Waals surface area contributed by atoms with E-state index in [1.165, 1.54) is 67.1 Å². The van der Waals surface area contributed by atoms with Crippen LogP contribution in [0.1, 0.15) is 61.8 Å². The normalized spacial score (nSPS) is 19.8. The molecule has 2 aromatic heterocycles. The van der Waals surface area contributed by atoms with Crippen molar-refractivity contribution in [1.29, 1.82) is 0 Å². The van der Waals surface area contributed by atoms with Crippen LogP contribution in [0.3, 0.4) is 0 Å². The lowest BCUT2D eigenvalue weighted by Crippen LogP contribution is -2.39. The number of piperidine rings is 1. The second-order valence-electron chi connectivity index (χ2n) is 9.70. The molecule has 172 valence electrons. The van der Waals surface area contributed by atoms with Crippen LogP contribution in [-0.4, -0.2) is 22.6 Å². The van der Waals surface area contributed by atoms with Crippen LogP contribution in [0, 0.1) is 31.5 Å². The molecule has 2 aliphatic rings. The first-order valence-corrected chi connectivity index (χ1v) is 12.1. The Hall–Kier alpha value is -2.07. The van der Waals surface area contributed by atoms with E-state index in [1.807, 2.05) is 18.3 Å². The van der Waals surface area contributed by atoms with E-state index in [1.54, 1.807) is 12.1 Å². The Morgan fingerprint density at radius 2 is 1.66 bits per heavy atom. The Bertz CT molecular complexity index is 1050. The van der Waals surface area contributed by atoms with Gasteiger partial charge >= 0.3 is 0 Å². The van der Waals surface area contributed by atoms with Gasteiger partial charge in [-0.25, -0.2) is 9.37 Å². The minimum absolute atomic E-state index is 0. The number of rotatable bonds is 4. The summed E-state index contributed by atoms with van der Waals surface area (Å²) in [7, 11) is 0. The molecule has 1 saturated heterocycles. The van der Waals surface area contributed by atoms with Crippen molar-refractivity contribution in [2.45, 2.75) is 65.3 Å². The maximum atomic E-state index is 13.4. The van der Waals surface area contributed by atoms with Crippen LogP contribution in [0.15, 0.2) is 36.5 Å². The van der Waals surface area contributed by atoms with Gasteiger partial charge in [-0.05, 0) is 67.9 Å². The van der Waals surface area contributed by atoms with Crippen molar-refractivity contribution in [2.24, 2.45) is 11.8 Å². The van der Waals surface area contributed by atoms with E-state index < -0.39 is 0 Å². The standard InChI is InChI=1S/C27H34FN3.ClH/c1-19-20(2)31(17-21-10-12-24(28)13-11-21)26-25(19)14-15-29-27(26)30-16-6-9-23(18-30)22-7-4-3-5-8-22;/h10-15,22-23H,3-9,16-18H2,1-2H3;1H. The largest absolute Gasteiger partial charge is 0.355 e. The maximum absolute atomic E-state index is 13.4. The van der Waals surface area contributed by atoms with E-state index in [9.17, 15) is 4.39 Å². The summed E-state index contributed by atoms with van der Waals surface area (Å²) in [6, 6.07) is 9.06. The number of aromatic nitrogens is 2. The number of fused-ring (bicyclic) bond motifs is 1. The lowest BCUT2D eigenvalue weighted by molar-refractivity contribution is 0.220. The number of pyridine rings is 1. The molecule has 1 saturated carbocycles. The van der Waals surface area contributed by atoms with Gasteiger partial charge in [0.2, 0.25) is 0 Å². The summed E-state index contributed by atoms with van der Waals surface area (Å²) in [6.45, 7) is 7.38. The second kappa shape index (κ2) is 9.82. The molecule has 0 N–H and O–H groups in total. The number of halogens is 2. The molecule has 1 aliphatic carbocycles. The van der Waals surface area contributed by atoms with Gasteiger partial charge in [-0.3, -0.25) is 0 Å². The highest BCUT2D eigenvalue weighted by Crippen LogP contribution is 2.38. The third kappa shape index (κ3) is 4.39. The molecule has 32 heavy (non-hydrogen) atoms. The molecule has 1 unspecified atom stereocenters. The molecule has 1 aliphatic heterocycles. The van der Waals surface area contributed by atoms with Crippen LogP contribution < -0.4 is 4.90 Å². The van der Waals surface area contributed by atoms with Crippen molar-refractivity contribution in [3.05, 3.63) is 59.2 Å². The van der Waals surface area contributed by atoms with E-state index in [0.29, 0.717) is 0 Å². The average molecular weight is 456 g/mol. The van der Waals surface area contributed by atoms with Crippen molar-refractivity contribution < 1.29 is 4.39 Å². The number of anilines is 1. The summed E-state index contributed by atoms with van der Waals surface area (Å²) in [5.74, 6) is 2.65. The Morgan fingerprint density at radius 3 is 2.41 bits per heavy atom. The highest BCUT2D eigenvalue weighted by molar-refractivity contribution is 5.93. The summed E-state index contributed by atoms with van der Waals surface area (Å²) in [5, 5.41) is 1.30. The minimum atomic E-state index is -0.182. The Morgan fingerprint density at radius 1 is 0.938 bits per heavy atom. The van der Waals surface area contributed by atoms with E-state index in [2.05, 4.69) is 29.4 Å². The van der Waals surface area contributed by atoms with Crippen LogP contribution in [-0.2, 0) is 6.54 Å². The third-order valence-electron chi connectivity index (χ3n) is 7.85. The lowest BCUT2D eigenvalue weighted by Gasteiger charge is -2.39. The first-order chi connectivity index (χ1) is 15.1. The quantitative estimate of drug-likeness (QED) is 0.419. The molecule has 3 aromatic rings. The molecule has 5 heteroatoms. The first-order valence-electron chi connectivity index (χ1n) is 12.1. The summed E-state index contributed by atoms with van der Waals surface area (Å²) in [6.07, 6.45) is 11.7. The molecule has 0 bridgehead atoms. The number of nitrogens with zero attached hydrogens (tertiary/aromatic N) is 3. The molecule has 0 spiro atoms. The van der Waals surface area contributed by atoms with Gasteiger partial charge in [0.15, 0.2) is 5.82 Å². The van der Waals surface area contributed by atoms with E-state index >= 15 is 0 Å². The molecule has 0 amide bonds. The highest BCUT2D eigenvalue weighted by Gasteiger charge is 2.30. The molecular weight excluding hydrogens is 421 g/mol. The van der Waals surface area contributed by atoms with E-state index in [4.69, 9.17) is 4.98 Å². The smallest absolute Gasteiger partial charge is 0.153 e. The average Bonchev–Trinajstić information content (AvgIpc) is 3.06. The van der Waals surface area contributed by atoms with Crippen molar-refractivity contribution in [3.63, 3.8) is 0 Å². The van der Waals surface area contributed by atoms with Crippen LogP contribution in [0.5, 0.6) is 0 Å². The Labute approximate surface area is 197 Å². The summed E-state index contributed by atoms with van der Waals surface area (Å²) in [4.78, 5) is 7.49. The van der Waals surface area contributed by atoms with Crippen molar-refractivity contribution >= 4 is 29.1 Å². The number of benzene rings is 1. The zero-order chi connectivity index (χ0) is 21.4. The molecule has 0 radical (unpaired) electrons. The Balaban J connectivity index is 0.00000245. The minimum Gasteiger partial charge on any atom is -0.355 e. The van der Waals surface area contributed by atoms with Gasteiger partial charge in [0.25, 0.3) is 0 Å². The lowest BCUT2D eigenvalue weighted by atomic mass is 9.76. The van der Waals surface area contributed by atoms with Gasteiger partial charge in [0, 0.05) is 36.9 Å². The molecule has 2 fully saturated rings. The molecule has 3 heterocycles. The maximum Gasteiger partial charge on any atom is 0.153 e. The number of hydrogen-bond acceptors (Lipinski definition) is 2. The fourth-order valence-corrected chi connectivity index (χ4v) is 5.97. The fraction of sp³-hybridized carbons (Fsp3) is 0.519. The predicted octanol–water partition coefficient (Wildman–Crippen LogP) is 7.06. The highest BCUT2D eigenvalue weighted by atomic mass is 35.5. The van der Waals surface area contributed by atoms with Crippen LogP contribution in [0.25, 0.3) is 10.9 Å². The topological polar surface area (TPSA) is 21.1 Å². The summed E-state index contributed by atoms with van der Waals surface area (Å²) in [5.41, 5.74) is 4.96. The predicted molar refractivity (Wildman–Crippen MR) is 133 cm³/mol. The van der Waals surface area contributed by atoms with E-state index in [0.717, 1.165) is 42.9 Å². The van der Waals surface area contributed by atoms with Crippen LogP contribution >= 0.6 is 12.4 Å². The van der Waals surface area contributed by atoms with Crippen molar-refractivity contribution in [1.82, 2.24) is 9.55 Å². The third-order valence-corrected chi connectivity index (χ3v) is 7.85. The summed E-state index contributed by atoms with van der Waals surface area (Å²) >= 11 is 0. The molecule has 3 nitrogen and oxygen atoms in total.